The molecule has 2 rings (SSSR count). The average molecular weight is 311 g/mol. The maximum absolute atomic E-state index is 13.0. The van der Waals surface area contributed by atoms with Crippen LogP contribution in [0.25, 0.3) is 0 Å². The number of nitrogen functional groups attached to an aromatic ring is 1. The molecular weight excluding hydrogens is 286 g/mol. The minimum atomic E-state index is -3.54. The Morgan fingerprint density at radius 2 is 1.76 bits per heavy atom. The van der Waals surface area contributed by atoms with Gasteiger partial charge in [-0.2, -0.15) is 4.31 Å². The van der Waals surface area contributed by atoms with E-state index in [0.29, 0.717) is 30.3 Å². The van der Waals surface area contributed by atoms with Crippen LogP contribution in [0, 0.1) is 19.8 Å². The Balaban J connectivity index is 2.43. The van der Waals surface area contributed by atoms with Gasteiger partial charge in [-0.25, -0.2) is 8.42 Å². The van der Waals surface area contributed by atoms with E-state index >= 15 is 0 Å². The first-order valence-electron chi connectivity index (χ1n) is 7.18. The number of nitrogens with zero attached hydrogens (tertiary/aromatic N) is 2. The maximum atomic E-state index is 13.0. The number of anilines is 1. The Labute approximate surface area is 127 Å². The summed E-state index contributed by atoms with van der Waals surface area (Å²) in [7, 11) is 0.439. The van der Waals surface area contributed by atoms with E-state index in [1.54, 1.807) is 11.2 Å². The number of likely N-dealkylation sites (N-methyl/N-ethyl adjacent to an activating group) is 1. The lowest BCUT2D eigenvalue weighted by Crippen LogP contribution is -2.36. The van der Waals surface area contributed by atoms with Crippen molar-refractivity contribution in [3.8, 4) is 0 Å². The lowest BCUT2D eigenvalue weighted by Gasteiger charge is -2.23. The van der Waals surface area contributed by atoms with E-state index in [4.69, 9.17) is 5.73 Å². The second-order valence-corrected chi connectivity index (χ2v) is 8.15. The molecule has 1 saturated heterocycles. The quantitative estimate of drug-likeness (QED) is 0.858. The zero-order valence-electron chi connectivity index (χ0n) is 13.4. The Morgan fingerprint density at radius 3 is 2.29 bits per heavy atom. The Hall–Kier alpha value is -1.11. The van der Waals surface area contributed by atoms with Crippen LogP contribution in [0.2, 0.25) is 0 Å². The summed E-state index contributed by atoms with van der Waals surface area (Å²) < 4.78 is 27.5. The molecular formula is C15H25N3O2S. The lowest BCUT2D eigenvalue weighted by molar-refractivity contribution is 0.263. The highest BCUT2D eigenvalue weighted by atomic mass is 32.2. The molecule has 0 saturated carbocycles. The van der Waals surface area contributed by atoms with Crippen molar-refractivity contribution in [3.63, 3.8) is 0 Å². The smallest absolute Gasteiger partial charge is 0.245 e. The van der Waals surface area contributed by atoms with Crippen LogP contribution < -0.4 is 5.73 Å². The van der Waals surface area contributed by atoms with E-state index in [2.05, 4.69) is 11.8 Å². The van der Waals surface area contributed by atoms with E-state index < -0.39 is 10.0 Å². The summed E-state index contributed by atoms with van der Waals surface area (Å²) in [6, 6.07) is 3.92. The van der Waals surface area contributed by atoms with Gasteiger partial charge in [0.1, 0.15) is 4.90 Å². The molecule has 0 spiro atoms. The Bertz CT molecular complexity index is 641. The van der Waals surface area contributed by atoms with Gasteiger partial charge < -0.3 is 10.6 Å². The molecule has 2 unspecified atom stereocenters. The highest BCUT2D eigenvalue weighted by molar-refractivity contribution is 7.89. The van der Waals surface area contributed by atoms with Crippen LogP contribution >= 0.6 is 0 Å². The molecule has 1 heterocycles. The number of hydrogen-bond acceptors (Lipinski definition) is 4. The van der Waals surface area contributed by atoms with Gasteiger partial charge in [-0.05, 0) is 45.0 Å². The largest absolute Gasteiger partial charge is 0.397 e. The first-order chi connectivity index (χ1) is 9.66. The lowest BCUT2D eigenvalue weighted by atomic mass is 10.1. The van der Waals surface area contributed by atoms with Crippen molar-refractivity contribution < 1.29 is 8.42 Å². The second-order valence-electron chi connectivity index (χ2n) is 6.27. The third-order valence-corrected chi connectivity index (χ3v) is 6.45. The highest BCUT2D eigenvalue weighted by Gasteiger charge is 2.39. The SMILES string of the molecule is Cc1ccc(C)c(S(=O)(=O)N2CC(C)C(N(C)C)C2)c1N. The summed E-state index contributed by atoms with van der Waals surface area (Å²) in [5.74, 6) is 0.307. The van der Waals surface area contributed by atoms with Crippen molar-refractivity contribution in [1.82, 2.24) is 9.21 Å². The molecule has 2 N–H and O–H groups in total. The molecule has 0 radical (unpaired) electrons. The fraction of sp³-hybridized carbons (Fsp3) is 0.600. The second kappa shape index (κ2) is 5.59. The third kappa shape index (κ3) is 2.80. The van der Waals surface area contributed by atoms with Crippen LogP contribution in [0.3, 0.4) is 0 Å². The molecule has 21 heavy (non-hydrogen) atoms. The molecule has 0 aromatic heterocycles. The van der Waals surface area contributed by atoms with E-state index in [0.717, 1.165) is 5.56 Å². The van der Waals surface area contributed by atoms with E-state index in [1.807, 2.05) is 33.2 Å². The van der Waals surface area contributed by atoms with Crippen molar-refractivity contribution in [3.05, 3.63) is 23.3 Å². The third-order valence-electron chi connectivity index (χ3n) is 4.41. The molecule has 1 aromatic rings. The van der Waals surface area contributed by atoms with Crippen molar-refractivity contribution in [2.45, 2.75) is 31.7 Å². The highest BCUT2D eigenvalue weighted by Crippen LogP contribution is 2.32. The predicted molar refractivity (Wildman–Crippen MR) is 85.7 cm³/mol. The van der Waals surface area contributed by atoms with Gasteiger partial charge in [0, 0.05) is 19.1 Å². The minimum absolute atomic E-state index is 0.242. The van der Waals surface area contributed by atoms with Gasteiger partial charge in [0.05, 0.1) is 5.69 Å². The van der Waals surface area contributed by atoms with Crippen LogP contribution in [0.1, 0.15) is 18.1 Å². The number of benzene rings is 1. The fourth-order valence-electron chi connectivity index (χ4n) is 3.05. The van der Waals surface area contributed by atoms with E-state index in [-0.39, 0.29) is 10.9 Å². The molecule has 5 nitrogen and oxygen atoms in total. The van der Waals surface area contributed by atoms with Crippen molar-refractivity contribution in [2.24, 2.45) is 5.92 Å². The monoisotopic (exact) mass is 311 g/mol. The number of rotatable bonds is 3. The zero-order valence-corrected chi connectivity index (χ0v) is 14.2. The van der Waals surface area contributed by atoms with Crippen LogP contribution in [-0.4, -0.2) is 50.8 Å². The van der Waals surface area contributed by atoms with Gasteiger partial charge in [-0.1, -0.05) is 19.1 Å². The molecule has 1 aliphatic heterocycles. The normalized spacial score (nSPS) is 23.9. The molecule has 2 atom stereocenters. The minimum Gasteiger partial charge on any atom is -0.397 e. The number of nitrogens with two attached hydrogens (primary N) is 1. The summed E-state index contributed by atoms with van der Waals surface area (Å²) in [6.07, 6.45) is 0. The van der Waals surface area contributed by atoms with Gasteiger partial charge in [0.25, 0.3) is 0 Å². The van der Waals surface area contributed by atoms with E-state index in [1.165, 1.54) is 0 Å². The van der Waals surface area contributed by atoms with Gasteiger partial charge >= 0.3 is 0 Å². The van der Waals surface area contributed by atoms with Gasteiger partial charge in [0.2, 0.25) is 10.0 Å². The molecule has 118 valence electrons. The van der Waals surface area contributed by atoms with Crippen molar-refractivity contribution in [1.29, 1.82) is 0 Å². The maximum Gasteiger partial charge on any atom is 0.245 e. The summed E-state index contributed by atoms with van der Waals surface area (Å²) in [5.41, 5.74) is 7.93. The van der Waals surface area contributed by atoms with Crippen molar-refractivity contribution in [2.75, 3.05) is 32.9 Å². The molecule has 0 amide bonds. The number of sulfonamides is 1. The molecule has 0 bridgehead atoms. The zero-order chi connectivity index (χ0) is 15.9. The molecule has 1 aromatic carbocycles. The van der Waals surface area contributed by atoms with Crippen molar-refractivity contribution >= 4 is 15.7 Å². The standard InChI is InChI=1S/C15H25N3O2S/c1-10-6-7-11(2)15(14(10)16)21(19,20)18-8-12(3)13(9-18)17(4)5/h6-7,12-13H,8-9,16H2,1-5H3. The summed E-state index contributed by atoms with van der Waals surface area (Å²) in [5, 5.41) is 0. The van der Waals surface area contributed by atoms with E-state index in [9.17, 15) is 8.42 Å². The van der Waals surface area contributed by atoms with Gasteiger partial charge in [0.15, 0.2) is 0 Å². The van der Waals surface area contributed by atoms with Crippen LogP contribution in [-0.2, 0) is 10.0 Å². The van der Waals surface area contributed by atoms with Gasteiger partial charge in [-0.15, -0.1) is 0 Å². The first kappa shape index (κ1) is 16.3. The fourth-order valence-corrected chi connectivity index (χ4v) is 5.01. The number of aryl methyl sites for hydroxylation is 2. The predicted octanol–water partition coefficient (Wildman–Crippen LogP) is 1.46. The summed E-state index contributed by atoms with van der Waals surface area (Å²) in [4.78, 5) is 2.36. The molecule has 1 aliphatic rings. The van der Waals surface area contributed by atoms with Crippen LogP contribution in [0.5, 0.6) is 0 Å². The average Bonchev–Trinajstić information content (AvgIpc) is 2.77. The Kier molecular flexibility index (Phi) is 4.33. The molecule has 6 heteroatoms. The van der Waals surface area contributed by atoms with Gasteiger partial charge in [-0.3, -0.25) is 0 Å². The summed E-state index contributed by atoms with van der Waals surface area (Å²) in [6.45, 7) is 6.78. The van der Waals surface area contributed by atoms with Crippen LogP contribution in [0.4, 0.5) is 5.69 Å². The molecule has 0 aliphatic carbocycles. The molecule has 1 fully saturated rings. The topological polar surface area (TPSA) is 66.6 Å². The summed E-state index contributed by atoms with van der Waals surface area (Å²) >= 11 is 0. The number of hydrogen-bond donors (Lipinski definition) is 1. The first-order valence-corrected chi connectivity index (χ1v) is 8.62. The Morgan fingerprint density at radius 1 is 1.19 bits per heavy atom. The van der Waals surface area contributed by atoms with Crippen LogP contribution in [0.15, 0.2) is 17.0 Å².